The highest BCUT2D eigenvalue weighted by Crippen LogP contribution is 2.17. The maximum atomic E-state index is 12.0. The van der Waals surface area contributed by atoms with Gasteiger partial charge in [0, 0.05) is 0 Å². The van der Waals surface area contributed by atoms with Gasteiger partial charge in [-0.15, -0.1) is 0 Å². The number of carbonyl (C=O) groups is 1. The van der Waals surface area contributed by atoms with E-state index in [2.05, 4.69) is 5.10 Å². The molecule has 0 fully saturated rings. The van der Waals surface area contributed by atoms with Gasteiger partial charge in [0.25, 0.3) is 0 Å². The van der Waals surface area contributed by atoms with Crippen molar-refractivity contribution < 1.29 is 4.79 Å². The van der Waals surface area contributed by atoms with Crippen LogP contribution < -0.4 is 0 Å². The third-order valence-corrected chi connectivity index (χ3v) is 3.13. The van der Waals surface area contributed by atoms with E-state index in [0.717, 1.165) is 16.8 Å². The Balaban J connectivity index is 1.80. The standard InChI is InChI=1S/C16H14N2O/c19-16-11-15(14-9-5-2-6-10-14)17-18(16)12-13-7-3-1-4-8-13/h1-10H,11-12H2. The Morgan fingerprint density at radius 3 is 2.26 bits per heavy atom. The average Bonchev–Trinajstić information content (AvgIpc) is 2.82. The van der Waals surface area contributed by atoms with Crippen LogP contribution >= 0.6 is 0 Å². The van der Waals surface area contributed by atoms with Crippen LogP contribution in [0.25, 0.3) is 0 Å². The van der Waals surface area contributed by atoms with Crippen molar-refractivity contribution in [3.63, 3.8) is 0 Å². The normalized spacial score (nSPS) is 14.6. The lowest BCUT2D eigenvalue weighted by Gasteiger charge is -2.11. The first-order valence-electron chi connectivity index (χ1n) is 6.30. The lowest BCUT2D eigenvalue weighted by Crippen LogP contribution is -2.19. The van der Waals surface area contributed by atoms with Crippen LogP contribution in [0.3, 0.4) is 0 Å². The Morgan fingerprint density at radius 1 is 0.947 bits per heavy atom. The zero-order chi connectivity index (χ0) is 13.1. The molecule has 19 heavy (non-hydrogen) atoms. The summed E-state index contributed by atoms with van der Waals surface area (Å²) >= 11 is 0. The number of rotatable bonds is 3. The van der Waals surface area contributed by atoms with Gasteiger partial charge in [0.05, 0.1) is 18.7 Å². The lowest BCUT2D eigenvalue weighted by molar-refractivity contribution is -0.129. The number of nitrogens with zero attached hydrogens (tertiary/aromatic N) is 2. The highest BCUT2D eigenvalue weighted by Gasteiger charge is 2.24. The van der Waals surface area contributed by atoms with E-state index in [1.165, 1.54) is 0 Å². The highest BCUT2D eigenvalue weighted by atomic mass is 16.2. The largest absolute Gasteiger partial charge is 0.272 e. The van der Waals surface area contributed by atoms with Crippen molar-refractivity contribution >= 4 is 11.6 Å². The Morgan fingerprint density at radius 2 is 1.58 bits per heavy atom. The van der Waals surface area contributed by atoms with Crippen molar-refractivity contribution in [1.82, 2.24) is 5.01 Å². The van der Waals surface area contributed by atoms with Crippen molar-refractivity contribution in [3.05, 3.63) is 71.8 Å². The molecule has 94 valence electrons. The van der Waals surface area contributed by atoms with Gasteiger partial charge < -0.3 is 0 Å². The van der Waals surface area contributed by atoms with E-state index in [1.54, 1.807) is 5.01 Å². The minimum Gasteiger partial charge on any atom is -0.272 e. The SMILES string of the molecule is O=C1CC(c2ccccc2)=NN1Cc1ccccc1. The second kappa shape index (κ2) is 5.06. The van der Waals surface area contributed by atoms with Crippen LogP contribution in [-0.2, 0) is 11.3 Å². The van der Waals surface area contributed by atoms with Crippen molar-refractivity contribution in [2.75, 3.05) is 0 Å². The molecule has 3 nitrogen and oxygen atoms in total. The molecule has 0 saturated carbocycles. The van der Waals surface area contributed by atoms with Gasteiger partial charge in [-0.05, 0) is 11.1 Å². The minimum absolute atomic E-state index is 0.0581. The van der Waals surface area contributed by atoms with Gasteiger partial charge >= 0.3 is 0 Å². The summed E-state index contributed by atoms with van der Waals surface area (Å²) in [5, 5.41) is 5.99. The summed E-state index contributed by atoms with van der Waals surface area (Å²) < 4.78 is 0. The molecule has 0 atom stereocenters. The summed E-state index contributed by atoms with van der Waals surface area (Å²) in [4.78, 5) is 12.0. The van der Waals surface area contributed by atoms with E-state index in [4.69, 9.17) is 0 Å². The molecule has 0 aliphatic carbocycles. The van der Waals surface area contributed by atoms with Gasteiger partial charge in [0.15, 0.2) is 0 Å². The van der Waals surface area contributed by atoms with E-state index in [-0.39, 0.29) is 5.91 Å². The quantitative estimate of drug-likeness (QED) is 0.824. The smallest absolute Gasteiger partial charge is 0.249 e. The number of hydrogen-bond acceptors (Lipinski definition) is 2. The molecule has 0 spiro atoms. The van der Waals surface area contributed by atoms with Crippen LogP contribution in [0.5, 0.6) is 0 Å². The number of hydrazone groups is 1. The van der Waals surface area contributed by atoms with Crippen LogP contribution in [0.15, 0.2) is 65.8 Å². The molecule has 2 aromatic carbocycles. The van der Waals surface area contributed by atoms with Crippen LogP contribution in [0.4, 0.5) is 0 Å². The molecule has 3 rings (SSSR count). The molecule has 1 heterocycles. The highest BCUT2D eigenvalue weighted by molar-refractivity contribution is 6.13. The van der Waals surface area contributed by atoms with Gasteiger partial charge in [0.2, 0.25) is 5.91 Å². The van der Waals surface area contributed by atoms with Gasteiger partial charge in [-0.1, -0.05) is 60.7 Å². The van der Waals surface area contributed by atoms with E-state index >= 15 is 0 Å². The van der Waals surface area contributed by atoms with Crippen molar-refractivity contribution in [3.8, 4) is 0 Å². The number of benzene rings is 2. The fourth-order valence-corrected chi connectivity index (χ4v) is 2.14. The second-order valence-corrected chi connectivity index (χ2v) is 4.53. The first kappa shape index (κ1) is 11.7. The molecule has 0 unspecified atom stereocenters. The first-order chi connectivity index (χ1) is 9.33. The molecule has 0 N–H and O–H groups in total. The predicted molar refractivity (Wildman–Crippen MR) is 74.6 cm³/mol. The molecule has 0 bridgehead atoms. The Kier molecular flexibility index (Phi) is 3.11. The summed E-state index contributed by atoms with van der Waals surface area (Å²) in [5.74, 6) is 0.0581. The van der Waals surface area contributed by atoms with Gasteiger partial charge in [0.1, 0.15) is 0 Å². The summed E-state index contributed by atoms with van der Waals surface area (Å²) in [5.41, 5.74) is 2.96. The molecule has 0 saturated heterocycles. The van der Waals surface area contributed by atoms with Crippen molar-refractivity contribution in [2.24, 2.45) is 5.10 Å². The monoisotopic (exact) mass is 250 g/mol. The summed E-state index contributed by atoms with van der Waals surface area (Å²) in [6.45, 7) is 0.538. The number of amides is 1. The molecular weight excluding hydrogens is 236 g/mol. The van der Waals surface area contributed by atoms with Crippen molar-refractivity contribution in [2.45, 2.75) is 13.0 Å². The third kappa shape index (κ3) is 2.55. The van der Waals surface area contributed by atoms with Crippen molar-refractivity contribution in [1.29, 1.82) is 0 Å². The van der Waals surface area contributed by atoms with E-state index in [9.17, 15) is 4.79 Å². The Labute approximate surface area is 112 Å². The molecule has 3 heteroatoms. The van der Waals surface area contributed by atoms with Crippen LogP contribution in [0.2, 0.25) is 0 Å². The fraction of sp³-hybridized carbons (Fsp3) is 0.125. The van der Waals surface area contributed by atoms with Crippen LogP contribution in [0, 0.1) is 0 Å². The van der Waals surface area contributed by atoms with Gasteiger partial charge in [-0.2, -0.15) is 5.10 Å². The second-order valence-electron chi connectivity index (χ2n) is 4.53. The zero-order valence-corrected chi connectivity index (χ0v) is 10.5. The summed E-state index contributed by atoms with van der Waals surface area (Å²) in [7, 11) is 0. The maximum absolute atomic E-state index is 12.0. The van der Waals surface area contributed by atoms with Gasteiger partial charge in [-0.25, -0.2) is 5.01 Å². The fourth-order valence-electron chi connectivity index (χ4n) is 2.14. The van der Waals surface area contributed by atoms with E-state index in [0.29, 0.717) is 13.0 Å². The Hall–Kier alpha value is -2.42. The summed E-state index contributed by atoms with van der Waals surface area (Å²) in [6, 6.07) is 19.8. The van der Waals surface area contributed by atoms with Gasteiger partial charge in [-0.3, -0.25) is 4.79 Å². The first-order valence-corrected chi connectivity index (χ1v) is 6.30. The molecule has 0 aromatic heterocycles. The molecule has 0 radical (unpaired) electrons. The lowest BCUT2D eigenvalue weighted by atomic mass is 10.1. The molecule has 2 aromatic rings. The average molecular weight is 250 g/mol. The molecule has 1 aliphatic heterocycles. The van der Waals surface area contributed by atoms with E-state index in [1.807, 2.05) is 60.7 Å². The third-order valence-electron chi connectivity index (χ3n) is 3.13. The maximum Gasteiger partial charge on any atom is 0.249 e. The topological polar surface area (TPSA) is 32.7 Å². The zero-order valence-electron chi connectivity index (χ0n) is 10.5. The Bertz CT molecular complexity index is 605. The number of carbonyl (C=O) groups excluding carboxylic acids is 1. The van der Waals surface area contributed by atoms with E-state index < -0.39 is 0 Å². The predicted octanol–water partition coefficient (Wildman–Crippen LogP) is 2.82. The summed E-state index contributed by atoms with van der Waals surface area (Å²) in [6.07, 6.45) is 0.386. The van der Waals surface area contributed by atoms with Crippen LogP contribution in [-0.4, -0.2) is 16.6 Å². The molecule has 1 aliphatic rings. The molecular formula is C16H14N2O. The molecule has 1 amide bonds. The van der Waals surface area contributed by atoms with Crippen LogP contribution in [0.1, 0.15) is 17.5 Å². The number of hydrogen-bond donors (Lipinski definition) is 0. The minimum atomic E-state index is 0.0581.